The highest BCUT2D eigenvalue weighted by atomic mass is 16.5. The van der Waals surface area contributed by atoms with E-state index >= 15 is 0 Å². The van der Waals surface area contributed by atoms with Crippen molar-refractivity contribution in [2.24, 2.45) is 0 Å². The topological polar surface area (TPSA) is 111 Å². The van der Waals surface area contributed by atoms with Crippen molar-refractivity contribution in [1.29, 1.82) is 0 Å². The van der Waals surface area contributed by atoms with E-state index in [1.54, 1.807) is 0 Å². The molecule has 2 aromatic carbocycles. The van der Waals surface area contributed by atoms with E-state index in [1.807, 2.05) is 54.6 Å². The molecule has 0 atom stereocenters. The van der Waals surface area contributed by atoms with Gasteiger partial charge in [0.15, 0.2) is 0 Å². The van der Waals surface area contributed by atoms with Crippen LogP contribution in [0.2, 0.25) is 0 Å². The van der Waals surface area contributed by atoms with Crippen LogP contribution in [-0.2, 0) is 22.6 Å². The summed E-state index contributed by atoms with van der Waals surface area (Å²) in [6.45, 7) is 2.62. The van der Waals surface area contributed by atoms with Gasteiger partial charge in [-0.05, 0) is 41.5 Å². The van der Waals surface area contributed by atoms with Crippen LogP contribution in [0.4, 0.5) is 0 Å². The van der Waals surface area contributed by atoms with E-state index < -0.39 is 5.91 Å². The second-order valence-corrected chi connectivity index (χ2v) is 6.63. The lowest BCUT2D eigenvalue weighted by Crippen LogP contribution is -2.44. The van der Waals surface area contributed by atoms with Crippen LogP contribution >= 0.6 is 0 Å². The van der Waals surface area contributed by atoms with E-state index in [4.69, 9.17) is 4.74 Å². The number of ether oxygens (including phenoxy) is 1. The van der Waals surface area contributed by atoms with Crippen LogP contribution < -0.4 is 15.6 Å². The molecule has 0 saturated heterocycles. The number of carbonyl (C=O) groups excluding carboxylic acids is 2. The maximum atomic E-state index is 12.0. The summed E-state index contributed by atoms with van der Waals surface area (Å²) in [4.78, 5) is 25.1. The maximum Gasteiger partial charge on any atom is 0.262 e. The van der Waals surface area contributed by atoms with Gasteiger partial charge in [-0.2, -0.15) is 4.80 Å². The Morgan fingerprint density at radius 2 is 1.73 bits per heavy atom. The first kappa shape index (κ1) is 21.0. The van der Waals surface area contributed by atoms with Crippen LogP contribution in [0, 0.1) is 0 Å². The number of aromatic nitrogens is 4. The average molecular weight is 408 g/mol. The number of hydrogen-bond acceptors (Lipinski definition) is 6. The molecule has 2 N–H and O–H groups in total. The van der Waals surface area contributed by atoms with Crippen molar-refractivity contribution >= 4 is 11.8 Å². The minimum absolute atomic E-state index is 0.170. The quantitative estimate of drug-likeness (QED) is 0.413. The largest absolute Gasteiger partial charge is 0.494 e. The van der Waals surface area contributed by atoms with Gasteiger partial charge in [-0.25, -0.2) is 0 Å². The summed E-state index contributed by atoms with van der Waals surface area (Å²) in [6.07, 6.45) is 2.26. The van der Waals surface area contributed by atoms with E-state index in [2.05, 4.69) is 33.2 Å². The Morgan fingerprint density at radius 1 is 1.00 bits per heavy atom. The normalized spacial score (nSPS) is 10.4. The Morgan fingerprint density at radius 3 is 2.47 bits per heavy atom. The predicted molar refractivity (Wildman–Crippen MR) is 110 cm³/mol. The van der Waals surface area contributed by atoms with Crippen molar-refractivity contribution in [2.45, 2.75) is 32.7 Å². The summed E-state index contributed by atoms with van der Waals surface area (Å²) in [7, 11) is 0. The lowest BCUT2D eigenvalue weighted by Gasteiger charge is -2.06. The first-order valence-corrected chi connectivity index (χ1v) is 9.76. The van der Waals surface area contributed by atoms with E-state index in [1.165, 1.54) is 4.80 Å². The van der Waals surface area contributed by atoms with Crippen molar-refractivity contribution in [3.63, 3.8) is 0 Å². The van der Waals surface area contributed by atoms with E-state index in [0.717, 1.165) is 29.7 Å². The van der Waals surface area contributed by atoms with E-state index in [9.17, 15) is 9.59 Å². The Balaban J connectivity index is 1.46. The van der Waals surface area contributed by atoms with Crippen LogP contribution in [0.5, 0.6) is 5.75 Å². The zero-order valence-electron chi connectivity index (χ0n) is 16.7. The lowest BCUT2D eigenvalue weighted by molar-refractivity contribution is -0.129. The van der Waals surface area contributed by atoms with Crippen molar-refractivity contribution in [3.8, 4) is 17.1 Å². The number of nitrogens with one attached hydrogen (secondary N) is 2. The summed E-state index contributed by atoms with van der Waals surface area (Å²) >= 11 is 0. The van der Waals surface area contributed by atoms with Crippen LogP contribution in [0.3, 0.4) is 0 Å². The number of tetrazole rings is 1. The van der Waals surface area contributed by atoms with Gasteiger partial charge in [0.1, 0.15) is 12.3 Å². The molecule has 0 bridgehead atoms. The molecule has 2 amide bonds. The molecule has 9 nitrogen and oxygen atoms in total. The number of carbonyl (C=O) groups is 2. The molecule has 0 unspecified atom stereocenters. The fourth-order valence-electron chi connectivity index (χ4n) is 2.59. The summed E-state index contributed by atoms with van der Waals surface area (Å²) in [6, 6.07) is 16.6. The van der Waals surface area contributed by atoms with Gasteiger partial charge in [-0.15, -0.1) is 10.2 Å². The summed E-state index contributed by atoms with van der Waals surface area (Å²) in [5, 5.41) is 12.1. The highest BCUT2D eigenvalue weighted by Crippen LogP contribution is 2.18. The second-order valence-electron chi connectivity index (χ2n) is 6.63. The van der Waals surface area contributed by atoms with Gasteiger partial charge in [0.2, 0.25) is 11.7 Å². The van der Waals surface area contributed by atoms with Gasteiger partial charge in [-0.1, -0.05) is 43.7 Å². The number of hydrazine groups is 1. The smallest absolute Gasteiger partial charge is 0.262 e. The molecule has 156 valence electrons. The summed E-state index contributed by atoms with van der Waals surface area (Å²) in [5.41, 5.74) is 6.34. The fourth-order valence-corrected chi connectivity index (χ4v) is 2.59. The van der Waals surface area contributed by atoms with Gasteiger partial charge in [-0.3, -0.25) is 20.4 Å². The SMILES string of the molecule is CCCCOc1ccc(-c2nnn(CC(=O)NNC(=O)Cc3ccccc3)n2)cc1. The van der Waals surface area contributed by atoms with Crippen LogP contribution in [0.15, 0.2) is 54.6 Å². The minimum atomic E-state index is -0.458. The Bertz CT molecular complexity index is 956. The minimum Gasteiger partial charge on any atom is -0.494 e. The molecule has 0 fully saturated rings. The highest BCUT2D eigenvalue weighted by Gasteiger charge is 2.11. The fraction of sp³-hybridized carbons (Fsp3) is 0.286. The number of hydrogen-bond donors (Lipinski definition) is 2. The molecule has 0 aliphatic carbocycles. The van der Waals surface area contributed by atoms with Crippen molar-refractivity contribution in [3.05, 3.63) is 60.2 Å². The van der Waals surface area contributed by atoms with Gasteiger partial charge in [0.05, 0.1) is 13.0 Å². The van der Waals surface area contributed by atoms with Crippen molar-refractivity contribution in [1.82, 2.24) is 31.1 Å². The van der Waals surface area contributed by atoms with Gasteiger partial charge in [0, 0.05) is 5.56 Å². The third kappa shape index (κ3) is 6.40. The third-order valence-electron chi connectivity index (χ3n) is 4.17. The second kappa shape index (κ2) is 10.7. The van der Waals surface area contributed by atoms with E-state index in [0.29, 0.717) is 12.4 Å². The molecular weight excluding hydrogens is 384 g/mol. The molecule has 3 rings (SSSR count). The molecular formula is C21H24N6O3. The monoisotopic (exact) mass is 408 g/mol. The highest BCUT2D eigenvalue weighted by molar-refractivity contribution is 5.83. The number of unbranched alkanes of at least 4 members (excludes halogenated alkanes) is 1. The summed E-state index contributed by atoms with van der Waals surface area (Å²) in [5.74, 6) is 0.407. The number of nitrogens with zero attached hydrogens (tertiary/aromatic N) is 4. The third-order valence-corrected chi connectivity index (χ3v) is 4.17. The number of benzene rings is 2. The number of rotatable bonds is 9. The average Bonchev–Trinajstić information content (AvgIpc) is 3.22. The Kier molecular flexibility index (Phi) is 7.48. The molecule has 0 spiro atoms. The molecule has 0 saturated carbocycles. The van der Waals surface area contributed by atoms with Crippen molar-refractivity contribution < 1.29 is 14.3 Å². The first-order chi connectivity index (χ1) is 14.6. The molecule has 0 aliphatic heterocycles. The Hall–Kier alpha value is -3.75. The number of amides is 2. The van der Waals surface area contributed by atoms with Gasteiger partial charge < -0.3 is 4.74 Å². The molecule has 1 aromatic heterocycles. The van der Waals surface area contributed by atoms with Crippen LogP contribution in [-0.4, -0.2) is 38.6 Å². The molecule has 1 heterocycles. The summed E-state index contributed by atoms with van der Waals surface area (Å²) < 4.78 is 5.63. The van der Waals surface area contributed by atoms with Gasteiger partial charge in [0.25, 0.3) is 5.91 Å². The van der Waals surface area contributed by atoms with Crippen molar-refractivity contribution in [2.75, 3.05) is 6.61 Å². The lowest BCUT2D eigenvalue weighted by atomic mass is 10.1. The van der Waals surface area contributed by atoms with Gasteiger partial charge >= 0.3 is 0 Å². The van der Waals surface area contributed by atoms with E-state index in [-0.39, 0.29) is 18.9 Å². The van der Waals surface area contributed by atoms with Crippen LogP contribution in [0.25, 0.3) is 11.4 Å². The molecule has 0 aliphatic rings. The predicted octanol–water partition coefficient (Wildman–Crippen LogP) is 1.91. The first-order valence-electron chi connectivity index (χ1n) is 9.76. The molecule has 30 heavy (non-hydrogen) atoms. The zero-order chi connectivity index (χ0) is 21.2. The molecule has 3 aromatic rings. The van der Waals surface area contributed by atoms with Crippen LogP contribution in [0.1, 0.15) is 25.3 Å². The molecule has 0 radical (unpaired) electrons. The maximum absolute atomic E-state index is 12.0. The molecule has 9 heteroatoms. The zero-order valence-corrected chi connectivity index (χ0v) is 16.7. The standard InChI is InChI=1S/C21H24N6O3/c1-2-3-13-30-18-11-9-17(10-12-18)21-24-26-27(25-21)15-20(29)23-22-19(28)14-16-7-5-4-6-8-16/h4-12H,2-3,13-15H2,1H3,(H,22,28)(H,23,29). The Labute approximate surface area is 174 Å².